The van der Waals surface area contributed by atoms with Crippen molar-refractivity contribution in [1.29, 1.82) is 0 Å². The van der Waals surface area contributed by atoms with Crippen molar-refractivity contribution < 1.29 is 0 Å². The van der Waals surface area contributed by atoms with Gasteiger partial charge in [0.15, 0.2) is 0 Å². The lowest BCUT2D eigenvalue weighted by atomic mass is 10.1. The summed E-state index contributed by atoms with van der Waals surface area (Å²) < 4.78 is 1.15. The van der Waals surface area contributed by atoms with Gasteiger partial charge in [0.05, 0.1) is 20.5 Å². The van der Waals surface area contributed by atoms with Gasteiger partial charge in [-0.15, -0.1) is 11.3 Å². The molecular formula is C13H14BrClN2S. The van der Waals surface area contributed by atoms with E-state index in [1.54, 1.807) is 17.5 Å². The fraction of sp³-hybridized carbons (Fsp3) is 0.308. The van der Waals surface area contributed by atoms with Crippen molar-refractivity contribution in [2.24, 2.45) is 0 Å². The van der Waals surface area contributed by atoms with E-state index in [1.165, 1.54) is 4.88 Å². The van der Waals surface area contributed by atoms with E-state index in [4.69, 9.17) is 11.6 Å². The first kappa shape index (κ1) is 14.0. The zero-order valence-electron chi connectivity index (χ0n) is 9.99. The lowest BCUT2D eigenvalue weighted by Gasteiger charge is -2.17. The number of hydrogen-bond donors (Lipinski definition) is 1. The largest absolute Gasteiger partial charge is 0.309 e. The van der Waals surface area contributed by atoms with Gasteiger partial charge in [-0.3, -0.25) is 4.98 Å². The first-order valence-electron chi connectivity index (χ1n) is 5.78. The van der Waals surface area contributed by atoms with Gasteiger partial charge in [0, 0.05) is 17.5 Å². The number of nitrogens with one attached hydrogen (secondary N) is 1. The lowest BCUT2D eigenvalue weighted by molar-refractivity contribution is 0.540. The van der Waals surface area contributed by atoms with Crippen LogP contribution in [0.2, 0.25) is 5.02 Å². The molecule has 2 nitrogen and oxygen atoms in total. The Morgan fingerprint density at radius 3 is 2.89 bits per heavy atom. The van der Waals surface area contributed by atoms with Gasteiger partial charge < -0.3 is 5.32 Å². The standard InChI is InChI=1S/C13H14BrClN2S/c1-2-16-11(8-9-5-6-12(14)18-9)13-10(15)4-3-7-17-13/h3-7,11,16H,2,8H2,1H3. The number of pyridine rings is 1. The summed E-state index contributed by atoms with van der Waals surface area (Å²) in [5.74, 6) is 0. The Hall–Kier alpha value is -0.420. The van der Waals surface area contributed by atoms with Gasteiger partial charge in [-0.05, 0) is 46.7 Å². The van der Waals surface area contributed by atoms with Crippen LogP contribution < -0.4 is 5.32 Å². The summed E-state index contributed by atoms with van der Waals surface area (Å²) in [5, 5.41) is 4.16. The summed E-state index contributed by atoms with van der Waals surface area (Å²) in [6, 6.07) is 8.11. The van der Waals surface area contributed by atoms with Gasteiger partial charge in [0.25, 0.3) is 0 Å². The van der Waals surface area contributed by atoms with Gasteiger partial charge in [-0.1, -0.05) is 18.5 Å². The van der Waals surface area contributed by atoms with Crippen LogP contribution in [0.15, 0.2) is 34.2 Å². The summed E-state index contributed by atoms with van der Waals surface area (Å²) in [7, 11) is 0. The molecule has 5 heteroatoms. The third-order valence-electron chi connectivity index (χ3n) is 2.60. The van der Waals surface area contributed by atoms with E-state index < -0.39 is 0 Å². The molecule has 0 aliphatic rings. The molecule has 1 N–H and O–H groups in total. The average Bonchev–Trinajstić information content (AvgIpc) is 2.75. The normalized spacial score (nSPS) is 12.6. The van der Waals surface area contributed by atoms with Gasteiger partial charge in [-0.2, -0.15) is 0 Å². The van der Waals surface area contributed by atoms with E-state index in [-0.39, 0.29) is 6.04 Å². The molecule has 0 amide bonds. The first-order chi connectivity index (χ1) is 8.70. The fourth-order valence-electron chi connectivity index (χ4n) is 1.83. The highest BCUT2D eigenvalue weighted by molar-refractivity contribution is 9.11. The van der Waals surface area contributed by atoms with Crippen LogP contribution >= 0.6 is 38.9 Å². The predicted octanol–water partition coefficient (Wildman–Crippen LogP) is 4.45. The molecule has 2 aromatic heterocycles. The van der Waals surface area contributed by atoms with Crippen LogP contribution in [0.25, 0.3) is 0 Å². The van der Waals surface area contributed by atoms with E-state index in [9.17, 15) is 0 Å². The van der Waals surface area contributed by atoms with E-state index in [1.807, 2.05) is 12.1 Å². The van der Waals surface area contributed by atoms with E-state index in [0.717, 1.165) is 27.5 Å². The molecule has 0 saturated heterocycles. The Balaban J connectivity index is 2.20. The van der Waals surface area contributed by atoms with Gasteiger partial charge in [0.1, 0.15) is 0 Å². The summed E-state index contributed by atoms with van der Waals surface area (Å²) in [4.78, 5) is 5.71. The molecule has 0 spiro atoms. The number of likely N-dealkylation sites (N-methyl/N-ethyl adjacent to an activating group) is 1. The molecule has 2 heterocycles. The van der Waals surface area contributed by atoms with Crippen molar-refractivity contribution in [3.8, 4) is 0 Å². The predicted molar refractivity (Wildman–Crippen MR) is 81.4 cm³/mol. The van der Waals surface area contributed by atoms with Crippen molar-refractivity contribution in [1.82, 2.24) is 10.3 Å². The average molecular weight is 346 g/mol. The van der Waals surface area contributed by atoms with Gasteiger partial charge >= 0.3 is 0 Å². The van der Waals surface area contributed by atoms with Crippen LogP contribution in [0.1, 0.15) is 23.5 Å². The van der Waals surface area contributed by atoms with Crippen molar-refractivity contribution >= 4 is 38.9 Å². The number of aromatic nitrogens is 1. The summed E-state index contributed by atoms with van der Waals surface area (Å²) in [6.45, 7) is 2.98. The Morgan fingerprint density at radius 2 is 2.28 bits per heavy atom. The number of hydrogen-bond acceptors (Lipinski definition) is 3. The molecule has 0 aliphatic carbocycles. The minimum atomic E-state index is 0.161. The van der Waals surface area contributed by atoms with Crippen LogP contribution in [0.4, 0.5) is 0 Å². The molecule has 2 rings (SSSR count). The quantitative estimate of drug-likeness (QED) is 0.866. The topological polar surface area (TPSA) is 24.9 Å². The third kappa shape index (κ3) is 3.54. The number of nitrogens with zero attached hydrogens (tertiary/aromatic N) is 1. The summed E-state index contributed by atoms with van der Waals surface area (Å²) >= 11 is 11.5. The van der Waals surface area contributed by atoms with E-state index >= 15 is 0 Å². The molecule has 0 aromatic carbocycles. The lowest BCUT2D eigenvalue weighted by Crippen LogP contribution is -2.23. The SMILES string of the molecule is CCNC(Cc1ccc(Br)s1)c1ncccc1Cl. The fourth-order valence-corrected chi connectivity index (χ4v) is 3.61. The number of rotatable bonds is 5. The molecule has 18 heavy (non-hydrogen) atoms. The van der Waals surface area contributed by atoms with Crippen LogP contribution in [0.3, 0.4) is 0 Å². The molecule has 0 radical (unpaired) electrons. The molecule has 0 fully saturated rings. The number of halogens is 2. The summed E-state index contributed by atoms with van der Waals surface area (Å²) in [5.41, 5.74) is 0.922. The van der Waals surface area contributed by atoms with Crippen molar-refractivity contribution in [3.05, 3.63) is 49.8 Å². The zero-order chi connectivity index (χ0) is 13.0. The second kappa shape index (κ2) is 6.66. The van der Waals surface area contributed by atoms with Crippen LogP contribution in [-0.2, 0) is 6.42 Å². The first-order valence-corrected chi connectivity index (χ1v) is 7.77. The Kier molecular flexibility index (Phi) is 5.18. The zero-order valence-corrected chi connectivity index (χ0v) is 13.1. The van der Waals surface area contributed by atoms with Crippen molar-refractivity contribution in [2.75, 3.05) is 6.54 Å². The monoisotopic (exact) mass is 344 g/mol. The molecule has 0 aliphatic heterocycles. The van der Waals surface area contributed by atoms with Crippen LogP contribution in [0.5, 0.6) is 0 Å². The molecule has 1 unspecified atom stereocenters. The van der Waals surface area contributed by atoms with Gasteiger partial charge in [0.2, 0.25) is 0 Å². The minimum absolute atomic E-state index is 0.161. The maximum absolute atomic E-state index is 6.22. The maximum Gasteiger partial charge on any atom is 0.0762 e. The Bertz CT molecular complexity index is 515. The molecule has 0 saturated carbocycles. The molecular weight excluding hydrogens is 332 g/mol. The van der Waals surface area contributed by atoms with Crippen molar-refractivity contribution in [3.63, 3.8) is 0 Å². The molecule has 1 atom stereocenters. The summed E-state index contributed by atoms with van der Waals surface area (Å²) in [6.07, 6.45) is 2.69. The molecule has 0 bridgehead atoms. The highest BCUT2D eigenvalue weighted by Gasteiger charge is 2.16. The van der Waals surface area contributed by atoms with E-state index in [2.05, 4.69) is 45.3 Å². The smallest absolute Gasteiger partial charge is 0.0762 e. The molecule has 2 aromatic rings. The molecule has 96 valence electrons. The minimum Gasteiger partial charge on any atom is -0.309 e. The highest BCUT2D eigenvalue weighted by atomic mass is 79.9. The highest BCUT2D eigenvalue weighted by Crippen LogP contribution is 2.28. The Labute approximate surface area is 125 Å². The van der Waals surface area contributed by atoms with Gasteiger partial charge in [-0.25, -0.2) is 0 Å². The van der Waals surface area contributed by atoms with Crippen molar-refractivity contribution in [2.45, 2.75) is 19.4 Å². The second-order valence-corrected chi connectivity index (χ2v) is 6.85. The third-order valence-corrected chi connectivity index (χ3v) is 4.57. The number of thiophene rings is 1. The van der Waals surface area contributed by atoms with E-state index in [0.29, 0.717) is 0 Å². The Morgan fingerprint density at radius 1 is 1.44 bits per heavy atom. The maximum atomic E-state index is 6.22. The van der Waals surface area contributed by atoms with Crippen LogP contribution in [0, 0.1) is 0 Å². The van der Waals surface area contributed by atoms with Crippen LogP contribution in [-0.4, -0.2) is 11.5 Å². The second-order valence-electron chi connectivity index (χ2n) is 3.89.